The fourth-order valence-electron chi connectivity index (χ4n) is 1.41. The van der Waals surface area contributed by atoms with Gasteiger partial charge in [-0.3, -0.25) is 9.59 Å². The van der Waals surface area contributed by atoms with Gasteiger partial charge in [0, 0.05) is 19.2 Å². The number of ether oxygens (including phenoxy) is 1. The van der Waals surface area contributed by atoms with Crippen LogP contribution in [-0.4, -0.2) is 36.7 Å². The second kappa shape index (κ2) is 6.96. The third-order valence-electron chi connectivity index (χ3n) is 2.49. The molecule has 0 aliphatic rings. The number of amides is 1. The van der Waals surface area contributed by atoms with Crippen LogP contribution >= 0.6 is 11.6 Å². The maximum atomic E-state index is 11.8. The molecule has 0 bridgehead atoms. The van der Waals surface area contributed by atoms with Crippen LogP contribution in [0.5, 0.6) is 0 Å². The molecule has 1 aromatic carbocycles. The molecular weight excluding hydrogens is 272 g/mol. The third kappa shape index (κ3) is 4.76. The fraction of sp³-hybridized carbons (Fsp3) is 0.333. The van der Waals surface area contributed by atoms with Gasteiger partial charge in [0.25, 0.3) is 5.91 Å². The van der Waals surface area contributed by atoms with Crippen LogP contribution in [0.1, 0.15) is 16.8 Å². The average molecular weight is 287 g/mol. The largest absolute Gasteiger partial charge is 0.481 e. The molecule has 6 nitrogen and oxygen atoms in total. The average Bonchev–Trinajstić information content (AvgIpc) is 2.36. The SMILES string of the molecule is COC(CNC(=O)c1ccc(N)c(Cl)c1)CC(=O)O. The highest BCUT2D eigenvalue weighted by molar-refractivity contribution is 6.33. The molecule has 0 heterocycles. The summed E-state index contributed by atoms with van der Waals surface area (Å²) >= 11 is 5.81. The van der Waals surface area contributed by atoms with Crippen LogP contribution in [0.25, 0.3) is 0 Å². The number of benzene rings is 1. The molecule has 0 spiro atoms. The van der Waals surface area contributed by atoms with Gasteiger partial charge in [-0.15, -0.1) is 0 Å². The molecule has 1 aromatic rings. The van der Waals surface area contributed by atoms with Crippen LogP contribution in [0.15, 0.2) is 18.2 Å². The lowest BCUT2D eigenvalue weighted by molar-refractivity contribution is -0.139. The van der Waals surface area contributed by atoms with Crippen molar-refractivity contribution in [3.63, 3.8) is 0 Å². The summed E-state index contributed by atoms with van der Waals surface area (Å²) in [5.41, 5.74) is 6.28. The zero-order chi connectivity index (χ0) is 14.4. The predicted molar refractivity (Wildman–Crippen MR) is 71.2 cm³/mol. The van der Waals surface area contributed by atoms with E-state index < -0.39 is 12.1 Å². The summed E-state index contributed by atoms with van der Waals surface area (Å²) in [6.07, 6.45) is -0.759. The standard InChI is InChI=1S/C12H15ClN2O4/c1-19-8(5-11(16)17)6-15-12(18)7-2-3-10(14)9(13)4-7/h2-4,8H,5-6,14H2,1H3,(H,15,18)(H,16,17). The minimum atomic E-state index is -0.989. The minimum absolute atomic E-state index is 0.101. The van der Waals surface area contributed by atoms with Crippen LogP contribution in [0.2, 0.25) is 5.02 Å². The lowest BCUT2D eigenvalue weighted by Crippen LogP contribution is -2.34. The maximum absolute atomic E-state index is 11.8. The predicted octanol–water partition coefficient (Wildman–Crippen LogP) is 1.14. The highest BCUT2D eigenvalue weighted by Crippen LogP contribution is 2.19. The Hall–Kier alpha value is -1.79. The van der Waals surface area contributed by atoms with Crippen LogP contribution in [-0.2, 0) is 9.53 Å². The van der Waals surface area contributed by atoms with E-state index in [1.54, 1.807) is 0 Å². The van der Waals surface area contributed by atoms with Crippen molar-refractivity contribution in [1.82, 2.24) is 5.32 Å². The zero-order valence-corrected chi connectivity index (χ0v) is 11.1. The van der Waals surface area contributed by atoms with E-state index in [-0.39, 0.29) is 18.9 Å². The van der Waals surface area contributed by atoms with Gasteiger partial charge in [-0.2, -0.15) is 0 Å². The number of hydrogen-bond acceptors (Lipinski definition) is 4. The number of nitrogen functional groups attached to an aromatic ring is 1. The Morgan fingerprint density at radius 3 is 2.74 bits per heavy atom. The highest BCUT2D eigenvalue weighted by atomic mass is 35.5. The molecule has 1 rings (SSSR count). The van der Waals surface area contributed by atoms with E-state index in [1.807, 2.05) is 0 Å². The molecule has 19 heavy (non-hydrogen) atoms. The summed E-state index contributed by atoms with van der Waals surface area (Å²) in [7, 11) is 1.39. The number of nitrogens with one attached hydrogen (secondary N) is 1. The Labute approximate surface area is 115 Å². The van der Waals surface area contributed by atoms with E-state index >= 15 is 0 Å². The molecule has 0 radical (unpaired) electrons. The van der Waals surface area contributed by atoms with Crippen molar-refractivity contribution in [1.29, 1.82) is 0 Å². The summed E-state index contributed by atoms with van der Waals surface area (Å²) < 4.78 is 4.95. The smallest absolute Gasteiger partial charge is 0.306 e. The van der Waals surface area contributed by atoms with Gasteiger partial charge < -0.3 is 20.9 Å². The first-order valence-electron chi connectivity index (χ1n) is 5.52. The van der Waals surface area contributed by atoms with Crippen LogP contribution in [0.3, 0.4) is 0 Å². The number of halogens is 1. The zero-order valence-electron chi connectivity index (χ0n) is 10.4. The van der Waals surface area contributed by atoms with E-state index in [2.05, 4.69) is 5.32 Å². The second-order valence-electron chi connectivity index (χ2n) is 3.90. The minimum Gasteiger partial charge on any atom is -0.481 e. The first-order valence-corrected chi connectivity index (χ1v) is 5.89. The molecule has 0 aliphatic carbocycles. The van der Waals surface area contributed by atoms with Gasteiger partial charge in [0.15, 0.2) is 0 Å². The number of carboxylic acids is 1. The van der Waals surface area contributed by atoms with Crippen molar-refractivity contribution >= 4 is 29.2 Å². The van der Waals surface area contributed by atoms with Crippen LogP contribution in [0.4, 0.5) is 5.69 Å². The van der Waals surface area contributed by atoms with Gasteiger partial charge in [-0.25, -0.2) is 0 Å². The topological polar surface area (TPSA) is 102 Å². The number of aliphatic carboxylic acids is 1. The van der Waals surface area contributed by atoms with E-state index in [0.717, 1.165) is 0 Å². The number of rotatable bonds is 6. The quantitative estimate of drug-likeness (QED) is 0.681. The molecule has 0 aromatic heterocycles. The molecule has 7 heteroatoms. The molecule has 1 unspecified atom stereocenters. The first kappa shape index (κ1) is 15.3. The fourth-order valence-corrected chi connectivity index (χ4v) is 1.59. The van der Waals surface area contributed by atoms with Crippen molar-refractivity contribution in [3.05, 3.63) is 28.8 Å². The Morgan fingerprint density at radius 1 is 1.53 bits per heavy atom. The van der Waals surface area contributed by atoms with Gasteiger partial charge in [0.05, 0.1) is 23.2 Å². The Bertz CT molecular complexity index is 479. The summed E-state index contributed by atoms with van der Waals surface area (Å²) in [6, 6.07) is 4.52. The number of carbonyl (C=O) groups excluding carboxylic acids is 1. The lowest BCUT2D eigenvalue weighted by Gasteiger charge is -2.14. The number of carbonyl (C=O) groups is 2. The third-order valence-corrected chi connectivity index (χ3v) is 2.82. The number of anilines is 1. The Balaban J connectivity index is 2.59. The van der Waals surface area contributed by atoms with Gasteiger partial charge >= 0.3 is 5.97 Å². The molecule has 104 valence electrons. The number of nitrogens with two attached hydrogens (primary N) is 1. The number of methoxy groups -OCH3 is 1. The normalized spacial score (nSPS) is 11.9. The maximum Gasteiger partial charge on any atom is 0.306 e. The monoisotopic (exact) mass is 286 g/mol. The first-order chi connectivity index (χ1) is 8.93. The van der Waals surface area contributed by atoms with Crippen molar-refractivity contribution < 1.29 is 19.4 Å². The van der Waals surface area contributed by atoms with Crippen molar-refractivity contribution in [2.24, 2.45) is 0 Å². The molecule has 0 saturated carbocycles. The summed E-state index contributed by atoms with van der Waals surface area (Å²) in [4.78, 5) is 22.3. The molecule has 0 fully saturated rings. The summed E-state index contributed by atoms with van der Waals surface area (Å²) in [5, 5.41) is 11.5. The second-order valence-corrected chi connectivity index (χ2v) is 4.31. The molecule has 0 aliphatic heterocycles. The number of carboxylic acid groups (broad SMARTS) is 1. The molecule has 4 N–H and O–H groups in total. The Kier molecular flexibility index (Phi) is 5.59. The van der Waals surface area contributed by atoms with Crippen molar-refractivity contribution in [3.8, 4) is 0 Å². The van der Waals surface area contributed by atoms with Crippen molar-refractivity contribution in [2.75, 3.05) is 19.4 Å². The van der Waals surface area contributed by atoms with E-state index in [9.17, 15) is 9.59 Å². The molecule has 1 atom stereocenters. The van der Waals surface area contributed by atoms with Gasteiger partial charge in [-0.1, -0.05) is 11.6 Å². The van der Waals surface area contributed by atoms with E-state index in [1.165, 1.54) is 25.3 Å². The number of hydrogen-bond donors (Lipinski definition) is 3. The Morgan fingerprint density at radius 2 is 2.21 bits per heavy atom. The van der Waals surface area contributed by atoms with Crippen LogP contribution < -0.4 is 11.1 Å². The molecular formula is C12H15ClN2O4. The van der Waals surface area contributed by atoms with E-state index in [4.69, 9.17) is 27.2 Å². The lowest BCUT2D eigenvalue weighted by atomic mass is 10.2. The van der Waals surface area contributed by atoms with Gasteiger partial charge in [0.2, 0.25) is 0 Å². The molecule has 1 amide bonds. The highest BCUT2D eigenvalue weighted by Gasteiger charge is 2.14. The van der Waals surface area contributed by atoms with E-state index in [0.29, 0.717) is 16.3 Å². The van der Waals surface area contributed by atoms with Gasteiger partial charge in [0.1, 0.15) is 0 Å². The summed E-state index contributed by atoms with van der Waals surface area (Å²) in [5.74, 6) is -1.36. The molecule has 0 saturated heterocycles. The van der Waals surface area contributed by atoms with Gasteiger partial charge in [-0.05, 0) is 18.2 Å². The summed E-state index contributed by atoms with van der Waals surface area (Å²) in [6.45, 7) is 0.101. The van der Waals surface area contributed by atoms with Crippen molar-refractivity contribution in [2.45, 2.75) is 12.5 Å². The van der Waals surface area contributed by atoms with Crippen LogP contribution in [0, 0.1) is 0 Å².